The quantitative estimate of drug-likeness (QED) is 0.926. The van der Waals surface area contributed by atoms with Crippen molar-refractivity contribution in [1.82, 2.24) is 4.90 Å². The third-order valence-corrected chi connectivity index (χ3v) is 5.01. The number of carbonyl (C=O) groups is 2. The van der Waals surface area contributed by atoms with Crippen LogP contribution in [0.25, 0.3) is 0 Å². The summed E-state index contributed by atoms with van der Waals surface area (Å²) in [5, 5.41) is 9.09. The molecule has 1 heterocycles. The van der Waals surface area contributed by atoms with Crippen LogP contribution in [0.4, 0.5) is 0 Å². The fourth-order valence-corrected chi connectivity index (χ4v) is 3.69. The van der Waals surface area contributed by atoms with Crippen molar-refractivity contribution in [2.45, 2.75) is 42.9 Å². The molecule has 1 unspecified atom stereocenters. The van der Waals surface area contributed by atoms with Gasteiger partial charge in [-0.15, -0.1) is 11.8 Å². The summed E-state index contributed by atoms with van der Waals surface area (Å²) < 4.78 is 0. The van der Waals surface area contributed by atoms with Crippen molar-refractivity contribution >= 4 is 23.6 Å². The number of aliphatic carboxylic acids is 1. The Hall–Kier alpha value is -1.49. The van der Waals surface area contributed by atoms with Gasteiger partial charge in [0.2, 0.25) is 5.91 Å². The lowest BCUT2D eigenvalue weighted by Gasteiger charge is -2.35. The normalized spacial score (nSPS) is 17.6. The summed E-state index contributed by atoms with van der Waals surface area (Å²) in [6, 6.07) is 7.95. The maximum absolute atomic E-state index is 12.6. The van der Waals surface area contributed by atoms with Crippen molar-refractivity contribution in [2.75, 3.05) is 6.54 Å². The second-order valence-corrected chi connectivity index (χ2v) is 6.61. The summed E-state index contributed by atoms with van der Waals surface area (Å²) in [6.45, 7) is 5.36. The molecule has 1 aromatic carbocycles. The van der Waals surface area contributed by atoms with Crippen LogP contribution >= 0.6 is 11.8 Å². The Morgan fingerprint density at radius 3 is 2.60 bits per heavy atom. The number of thioether (sulfide) groups is 1. The Morgan fingerprint density at radius 2 is 2.05 bits per heavy atom. The van der Waals surface area contributed by atoms with Gasteiger partial charge in [0.05, 0.1) is 5.25 Å². The molecule has 20 heavy (non-hydrogen) atoms. The van der Waals surface area contributed by atoms with E-state index in [1.54, 1.807) is 13.8 Å². The highest BCUT2D eigenvalue weighted by molar-refractivity contribution is 8.01. The lowest BCUT2D eigenvalue weighted by molar-refractivity contribution is -0.156. The number of hydrogen-bond acceptors (Lipinski definition) is 3. The van der Waals surface area contributed by atoms with Crippen molar-refractivity contribution in [3.05, 3.63) is 29.8 Å². The van der Waals surface area contributed by atoms with E-state index in [1.165, 1.54) is 22.2 Å². The minimum atomic E-state index is -1.18. The molecule has 108 valence electrons. The summed E-state index contributed by atoms with van der Waals surface area (Å²) >= 11 is 1.53. The van der Waals surface area contributed by atoms with E-state index in [0.29, 0.717) is 13.0 Å². The van der Waals surface area contributed by atoms with Crippen LogP contribution in [0.3, 0.4) is 0 Å². The zero-order chi connectivity index (χ0) is 14.9. The van der Waals surface area contributed by atoms with Crippen LogP contribution in [-0.2, 0) is 16.0 Å². The number of carboxylic acid groups (broad SMARTS) is 1. The van der Waals surface area contributed by atoms with Gasteiger partial charge in [0, 0.05) is 11.4 Å². The molecule has 0 aromatic heterocycles. The highest BCUT2D eigenvalue weighted by Crippen LogP contribution is 2.38. The number of hydrogen-bond donors (Lipinski definition) is 1. The standard InChI is InChI=1S/C15H19NO3S/c1-4-16(15(2,3)14(18)19)13(17)12-9-10-7-5-6-8-11(10)20-12/h5-8,12H,4,9H2,1-3H3,(H,18,19). The lowest BCUT2D eigenvalue weighted by atomic mass is 10.0. The van der Waals surface area contributed by atoms with Crippen molar-refractivity contribution in [3.8, 4) is 0 Å². The number of carboxylic acids is 1. The van der Waals surface area contributed by atoms with Crippen LogP contribution in [0.15, 0.2) is 29.2 Å². The van der Waals surface area contributed by atoms with Gasteiger partial charge in [-0.25, -0.2) is 4.79 Å². The first-order valence-electron chi connectivity index (χ1n) is 6.67. The number of rotatable bonds is 4. The van der Waals surface area contributed by atoms with Crippen LogP contribution < -0.4 is 0 Å². The van der Waals surface area contributed by atoms with Crippen LogP contribution in [-0.4, -0.2) is 39.2 Å². The van der Waals surface area contributed by atoms with Gasteiger partial charge in [0.1, 0.15) is 5.54 Å². The summed E-state index contributed by atoms with van der Waals surface area (Å²) in [5.74, 6) is -1.07. The van der Waals surface area contributed by atoms with Crippen molar-refractivity contribution in [2.24, 2.45) is 0 Å². The van der Waals surface area contributed by atoms with Crippen LogP contribution in [0.5, 0.6) is 0 Å². The topological polar surface area (TPSA) is 57.6 Å². The maximum Gasteiger partial charge on any atom is 0.329 e. The van der Waals surface area contributed by atoms with Crippen molar-refractivity contribution in [3.63, 3.8) is 0 Å². The maximum atomic E-state index is 12.6. The van der Waals surface area contributed by atoms with Gasteiger partial charge in [-0.3, -0.25) is 4.79 Å². The first-order valence-corrected chi connectivity index (χ1v) is 7.55. The Bertz CT molecular complexity index is 517. The minimum absolute atomic E-state index is 0.0962. The zero-order valence-electron chi connectivity index (χ0n) is 11.9. The molecule has 1 atom stereocenters. The fourth-order valence-electron chi connectivity index (χ4n) is 2.44. The SMILES string of the molecule is CCN(C(=O)C1Cc2ccccc2S1)C(C)(C)C(=O)O. The van der Waals surface area contributed by atoms with Gasteiger partial charge in [-0.05, 0) is 38.8 Å². The Labute approximate surface area is 123 Å². The molecule has 1 N–H and O–H groups in total. The summed E-state index contributed by atoms with van der Waals surface area (Å²) in [7, 11) is 0. The molecule has 0 fully saturated rings. The highest BCUT2D eigenvalue weighted by Gasteiger charge is 2.41. The Morgan fingerprint density at radius 1 is 1.40 bits per heavy atom. The number of fused-ring (bicyclic) bond motifs is 1. The molecule has 1 aromatic rings. The molecule has 0 radical (unpaired) electrons. The molecule has 2 rings (SSSR count). The van der Waals surface area contributed by atoms with Crippen LogP contribution in [0.2, 0.25) is 0 Å². The van der Waals surface area contributed by atoms with Gasteiger partial charge >= 0.3 is 5.97 Å². The highest BCUT2D eigenvalue weighted by atomic mass is 32.2. The van der Waals surface area contributed by atoms with Crippen molar-refractivity contribution < 1.29 is 14.7 Å². The first-order chi connectivity index (χ1) is 9.37. The van der Waals surface area contributed by atoms with E-state index in [0.717, 1.165) is 4.90 Å². The van der Waals surface area contributed by atoms with Gasteiger partial charge in [-0.2, -0.15) is 0 Å². The smallest absolute Gasteiger partial charge is 0.329 e. The summed E-state index contributed by atoms with van der Waals surface area (Å²) in [5.41, 5.74) is -0.0127. The first kappa shape index (κ1) is 14.9. The van der Waals surface area contributed by atoms with Crippen LogP contribution in [0, 0.1) is 0 Å². The second-order valence-electron chi connectivity index (χ2n) is 5.37. The van der Waals surface area contributed by atoms with E-state index < -0.39 is 11.5 Å². The Balaban J connectivity index is 2.18. The van der Waals surface area contributed by atoms with E-state index in [-0.39, 0.29) is 11.2 Å². The average Bonchev–Trinajstić information content (AvgIpc) is 2.82. The number of likely N-dealkylation sites (N-methyl/N-ethyl adjacent to an activating group) is 1. The fraction of sp³-hybridized carbons (Fsp3) is 0.467. The van der Waals surface area contributed by atoms with E-state index in [1.807, 2.05) is 31.2 Å². The van der Waals surface area contributed by atoms with Gasteiger partial charge in [-0.1, -0.05) is 18.2 Å². The monoisotopic (exact) mass is 293 g/mol. The summed E-state index contributed by atoms with van der Waals surface area (Å²) in [6.07, 6.45) is 0.672. The van der Waals surface area contributed by atoms with Gasteiger partial charge in [0.15, 0.2) is 0 Å². The van der Waals surface area contributed by atoms with E-state index in [9.17, 15) is 14.7 Å². The molecule has 0 bridgehead atoms. The molecule has 0 spiro atoms. The number of carbonyl (C=O) groups excluding carboxylic acids is 1. The summed E-state index contributed by atoms with van der Waals surface area (Å²) in [4.78, 5) is 26.6. The molecule has 5 heteroatoms. The third kappa shape index (κ3) is 2.54. The Kier molecular flexibility index (Phi) is 4.09. The molecule has 0 saturated carbocycles. The lowest BCUT2D eigenvalue weighted by Crippen LogP contribution is -2.55. The minimum Gasteiger partial charge on any atom is -0.480 e. The largest absolute Gasteiger partial charge is 0.480 e. The van der Waals surface area contributed by atoms with Crippen molar-refractivity contribution in [1.29, 1.82) is 0 Å². The van der Waals surface area contributed by atoms with E-state index in [4.69, 9.17) is 0 Å². The molecule has 1 amide bonds. The van der Waals surface area contributed by atoms with Gasteiger partial charge < -0.3 is 10.0 Å². The van der Waals surface area contributed by atoms with Crippen LogP contribution in [0.1, 0.15) is 26.3 Å². The average molecular weight is 293 g/mol. The van der Waals surface area contributed by atoms with E-state index in [2.05, 4.69) is 0 Å². The number of nitrogens with zero attached hydrogens (tertiary/aromatic N) is 1. The van der Waals surface area contributed by atoms with Gasteiger partial charge in [0.25, 0.3) is 0 Å². The number of amides is 1. The second kappa shape index (κ2) is 5.48. The molecule has 0 saturated heterocycles. The predicted molar refractivity (Wildman–Crippen MR) is 78.9 cm³/mol. The predicted octanol–water partition coefficient (Wildman–Crippen LogP) is 2.42. The third-order valence-electron chi connectivity index (χ3n) is 3.70. The zero-order valence-corrected chi connectivity index (χ0v) is 12.7. The molecular weight excluding hydrogens is 274 g/mol. The molecule has 4 nitrogen and oxygen atoms in total. The molecule has 0 aliphatic carbocycles. The molecule has 1 aliphatic heterocycles. The molecule has 1 aliphatic rings. The van der Waals surface area contributed by atoms with E-state index >= 15 is 0 Å². The molecular formula is C15H19NO3S. The number of benzene rings is 1.